The third-order valence-corrected chi connectivity index (χ3v) is 2.98. The molecule has 0 aliphatic heterocycles. The van der Waals surface area contributed by atoms with Crippen LogP contribution >= 0.6 is 0 Å². The van der Waals surface area contributed by atoms with E-state index in [2.05, 4.69) is 4.74 Å². The van der Waals surface area contributed by atoms with Gasteiger partial charge >= 0.3 is 5.97 Å². The van der Waals surface area contributed by atoms with Gasteiger partial charge in [0.05, 0.1) is 7.11 Å². The molecule has 1 aliphatic carbocycles. The highest BCUT2D eigenvalue weighted by Gasteiger charge is 2.40. The van der Waals surface area contributed by atoms with Crippen LogP contribution in [0.4, 0.5) is 0 Å². The van der Waals surface area contributed by atoms with Crippen LogP contribution in [0.1, 0.15) is 40.0 Å². The molecule has 0 amide bonds. The van der Waals surface area contributed by atoms with E-state index < -0.39 is 17.3 Å². The van der Waals surface area contributed by atoms with Gasteiger partial charge in [0.25, 0.3) is 0 Å². The summed E-state index contributed by atoms with van der Waals surface area (Å²) in [6.07, 6.45) is 1.76. The Morgan fingerprint density at radius 1 is 1.24 bits per heavy atom. The second-order valence-corrected chi connectivity index (χ2v) is 5.63. The molecule has 1 aliphatic rings. The maximum absolute atomic E-state index is 12.1. The quantitative estimate of drug-likeness (QED) is 0.542. The SMILES string of the molecule is COC(=O)C(CC(=O)C1CC1)C(=O)C(C)(C)C. The molecular weight excluding hydrogens is 220 g/mol. The molecule has 96 valence electrons. The lowest BCUT2D eigenvalue weighted by Crippen LogP contribution is -2.36. The second-order valence-electron chi connectivity index (χ2n) is 5.63. The summed E-state index contributed by atoms with van der Waals surface area (Å²) < 4.78 is 4.62. The van der Waals surface area contributed by atoms with Gasteiger partial charge in [-0.2, -0.15) is 0 Å². The van der Waals surface area contributed by atoms with Gasteiger partial charge in [-0.1, -0.05) is 20.8 Å². The summed E-state index contributed by atoms with van der Waals surface area (Å²) >= 11 is 0. The fourth-order valence-corrected chi connectivity index (χ4v) is 1.72. The summed E-state index contributed by atoms with van der Waals surface area (Å²) in [5.74, 6) is -1.68. The first-order chi connectivity index (χ1) is 7.77. The van der Waals surface area contributed by atoms with Crippen LogP contribution in [0.2, 0.25) is 0 Å². The second kappa shape index (κ2) is 4.98. The highest BCUT2D eigenvalue weighted by atomic mass is 16.5. The van der Waals surface area contributed by atoms with Crippen LogP contribution in [0, 0.1) is 17.3 Å². The Balaban J connectivity index is 2.76. The van der Waals surface area contributed by atoms with Crippen molar-refractivity contribution in [2.24, 2.45) is 17.3 Å². The largest absolute Gasteiger partial charge is 0.468 e. The van der Waals surface area contributed by atoms with E-state index in [1.807, 2.05) is 0 Å². The summed E-state index contributed by atoms with van der Waals surface area (Å²) in [6.45, 7) is 5.23. The van der Waals surface area contributed by atoms with Crippen molar-refractivity contribution in [3.05, 3.63) is 0 Å². The van der Waals surface area contributed by atoms with E-state index in [9.17, 15) is 14.4 Å². The Morgan fingerprint density at radius 2 is 1.76 bits per heavy atom. The first kappa shape index (κ1) is 13.9. The van der Waals surface area contributed by atoms with Gasteiger partial charge in [-0.25, -0.2) is 0 Å². The third kappa shape index (κ3) is 3.65. The van der Waals surface area contributed by atoms with Crippen molar-refractivity contribution < 1.29 is 19.1 Å². The molecule has 1 rings (SSSR count). The van der Waals surface area contributed by atoms with Gasteiger partial charge in [0.1, 0.15) is 11.7 Å². The van der Waals surface area contributed by atoms with E-state index in [0.717, 1.165) is 12.8 Å². The van der Waals surface area contributed by atoms with Gasteiger partial charge in [-0.15, -0.1) is 0 Å². The number of esters is 1. The van der Waals surface area contributed by atoms with E-state index in [1.165, 1.54) is 7.11 Å². The molecule has 0 bridgehead atoms. The number of rotatable bonds is 5. The lowest BCUT2D eigenvalue weighted by atomic mass is 9.80. The van der Waals surface area contributed by atoms with Crippen molar-refractivity contribution in [3.8, 4) is 0 Å². The number of ketones is 2. The molecule has 1 atom stereocenters. The lowest BCUT2D eigenvalue weighted by molar-refractivity contribution is -0.153. The minimum Gasteiger partial charge on any atom is -0.468 e. The van der Waals surface area contributed by atoms with Crippen LogP contribution in [0.5, 0.6) is 0 Å². The molecule has 0 N–H and O–H groups in total. The first-order valence-electron chi connectivity index (χ1n) is 5.92. The standard InChI is InChI=1S/C13H20O4/c1-13(2,3)11(15)9(12(16)17-4)7-10(14)8-5-6-8/h8-9H,5-7H2,1-4H3. The summed E-state index contributed by atoms with van der Waals surface area (Å²) in [7, 11) is 1.24. The zero-order valence-corrected chi connectivity index (χ0v) is 10.9. The fraction of sp³-hybridized carbons (Fsp3) is 0.769. The summed E-state index contributed by atoms with van der Waals surface area (Å²) in [5, 5.41) is 0. The average molecular weight is 240 g/mol. The number of Topliss-reactive ketones (excluding diaryl/α,β-unsaturated/α-hetero) is 2. The number of carbonyl (C=O) groups excluding carboxylic acids is 3. The number of carbonyl (C=O) groups is 3. The van der Waals surface area contributed by atoms with Crippen molar-refractivity contribution in [2.45, 2.75) is 40.0 Å². The third-order valence-electron chi connectivity index (χ3n) is 2.98. The predicted molar refractivity (Wildman–Crippen MR) is 62.3 cm³/mol. The van der Waals surface area contributed by atoms with Gasteiger partial charge in [-0.05, 0) is 12.8 Å². The predicted octanol–water partition coefficient (Wildman–Crippen LogP) is 1.76. The van der Waals surface area contributed by atoms with Crippen LogP contribution in [0.3, 0.4) is 0 Å². The smallest absolute Gasteiger partial charge is 0.316 e. The molecule has 0 aromatic rings. The maximum Gasteiger partial charge on any atom is 0.316 e. The Hall–Kier alpha value is -1.19. The van der Waals surface area contributed by atoms with E-state index in [1.54, 1.807) is 20.8 Å². The van der Waals surface area contributed by atoms with Gasteiger partial charge in [0.15, 0.2) is 5.78 Å². The normalized spacial score (nSPS) is 17.4. The maximum atomic E-state index is 12.1. The molecule has 0 radical (unpaired) electrons. The molecule has 17 heavy (non-hydrogen) atoms. The lowest BCUT2D eigenvalue weighted by Gasteiger charge is -2.22. The molecule has 0 saturated heterocycles. The van der Waals surface area contributed by atoms with Crippen molar-refractivity contribution in [1.29, 1.82) is 0 Å². The highest BCUT2D eigenvalue weighted by molar-refractivity contribution is 6.04. The Kier molecular flexibility index (Phi) is 4.07. The van der Waals surface area contributed by atoms with E-state index in [-0.39, 0.29) is 23.9 Å². The molecule has 1 saturated carbocycles. The van der Waals surface area contributed by atoms with Gasteiger partial charge < -0.3 is 4.74 Å². The average Bonchev–Trinajstić information content (AvgIpc) is 3.05. The number of hydrogen-bond donors (Lipinski definition) is 0. The van der Waals surface area contributed by atoms with Crippen LogP contribution in [0.15, 0.2) is 0 Å². The highest BCUT2D eigenvalue weighted by Crippen LogP contribution is 2.33. The molecule has 4 heteroatoms. The van der Waals surface area contributed by atoms with E-state index in [0.29, 0.717) is 0 Å². The van der Waals surface area contributed by atoms with Crippen LogP contribution < -0.4 is 0 Å². The molecule has 4 nitrogen and oxygen atoms in total. The number of ether oxygens (including phenoxy) is 1. The molecule has 0 spiro atoms. The summed E-state index contributed by atoms with van der Waals surface area (Å²) in [6, 6.07) is 0. The fourth-order valence-electron chi connectivity index (χ4n) is 1.72. The molecule has 0 aromatic heterocycles. The monoisotopic (exact) mass is 240 g/mol. The Labute approximate surface area is 102 Å². The Bertz CT molecular complexity index is 334. The van der Waals surface area contributed by atoms with Gasteiger partial charge in [-0.3, -0.25) is 14.4 Å². The van der Waals surface area contributed by atoms with Gasteiger partial charge in [0, 0.05) is 17.8 Å². The van der Waals surface area contributed by atoms with Crippen LogP contribution in [-0.4, -0.2) is 24.6 Å². The first-order valence-corrected chi connectivity index (χ1v) is 5.92. The van der Waals surface area contributed by atoms with E-state index in [4.69, 9.17) is 0 Å². The van der Waals surface area contributed by atoms with Crippen molar-refractivity contribution in [2.75, 3.05) is 7.11 Å². The van der Waals surface area contributed by atoms with Gasteiger partial charge in [0.2, 0.25) is 0 Å². The molecule has 1 fully saturated rings. The molecule has 0 heterocycles. The minimum absolute atomic E-state index is 0.00650. The summed E-state index contributed by atoms with van der Waals surface area (Å²) in [4.78, 5) is 35.4. The Morgan fingerprint density at radius 3 is 2.12 bits per heavy atom. The molecule has 0 aromatic carbocycles. The van der Waals surface area contributed by atoms with Crippen molar-refractivity contribution in [3.63, 3.8) is 0 Å². The topological polar surface area (TPSA) is 60.4 Å². The number of methoxy groups -OCH3 is 1. The number of hydrogen-bond acceptors (Lipinski definition) is 4. The zero-order chi connectivity index (χ0) is 13.2. The van der Waals surface area contributed by atoms with Crippen molar-refractivity contribution in [1.82, 2.24) is 0 Å². The molecular formula is C13H20O4. The van der Waals surface area contributed by atoms with E-state index >= 15 is 0 Å². The summed E-state index contributed by atoms with van der Waals surface area (Å²) in [5.41, 5.74) is -0.636. The minimum atomic E-state index is -0.937. The van der Waals surface area contributed by atoms with Crippen molar-refractivity contribution >= 4 is 17.5 Å². The van der Waals surface area contributed by atoms with Crippen LogP contribution in [0.25, 0.3) is 0 Å². The van der Waals surface area contributed by atoms with Crippen LogP contribution in [-0.2, 0) is 19.1 Å². The zero-order valence-electron chi connectivity index (χ0n) is 10.9. The molecule has 1 unspecified atom stereocenters.